The number of thiophene rings is 1. The number of halogens is 1. The maximum atomic E-state index is 4.53. The van der Waals surface area contributed by atoms with Crippen LogP contribution in [-0.2, 0) is 0 Å². The summed E-state index contributed by atoms with van der Waals surface area (Å²) in [5, 5.41) is 1.20. The van der Waals surface area contributed by atoms with Gasteiger partial charge < -0.3 is 4.90 Å². The summed E-state index contributed by atoms with van der Waals surface area (Å²) in [4.78, 5) is 12.4. The highest BCUT2D eigenvalue weighted by Crippen LogP contribution is 2.41. The molecule has 2 aromatic rings. The van der Waals surface area contributed by atoms with Crippen molar-refractivity contribution < 1.29 is 0 Å². The summed E-state index contributed by atoms with van der Waals surface area (Å²) < 4.78 is 1.14. The van der Waals surface area contributed by atoms with Crippen molar-refractivity contribution in [3.8, 4) is 0 Å². The van der Waals surface area contributed by atoms with Crippen molar-refractivity contribution in [2.24, 2.45) is 11.8 Å². The second-order valence-corrected chi connectivity index (χ2v) is 7.73. The van der Waals surface area contributed by atoms with Crippen molar-refractivity contribution in [1.29, 1.82) is 0 Å². The van der Waals surface area contributed by atoms with E-state index in [1.165, 1.54) is 37.7 Å². The van der Waals surface area contributed by atoms with Crippen LogP contribution in [0, 0.1) is 11.8 Å². The van der Waals surface area contributed by atoms with Gasteiger partial charge in [0.25, 0.3) is 0 Å². The second-order valence-electron chi connectivity index (χ2n) is 5.32. The molecule has 0 aromatic carbocycles. The molecular weight excluding hydrogens is 310 g/mol. The fraction of sp³-hybridized carbons (Fsp3) is 0.538. The highest BCUT2D eigenvalue weighted by atomic mass is 79.9. The molecule has 94 valence electrons. The molecular formula is C13H14BrN3S. The highest BCUT2D eigenvalue weighted by molar-refractivity contribution is 9.11. The van der Waals surface area contributed by atoms with Gasteiger partial charge in [0.05, 0.1) is 9.17 Å². The summed E-state index contributed by atoms with van der Waals surface area (Å²) >= 11 is 5.23. The zero-order valence-corrected chi connectivity index (χ0v) is 12.4. The smallest absolute Gasteiger partial charge is 0.140 e. The Bertz CT molecular complexity index is 585. The molecule has 0 radical (unpaired) electrons. The van der Waals surface area contributed by atoms with Gasteiger partial charge in [0.15, 0.2) is 0 Å². The first-order chi connectivity index (χ1) is 8.81. The van der Waals surface area contributed by atoms with Crippen LogP contribution >= 0.6 is 27.3 Å². The van der Waals surface area contributed by atoms with Crippen LogP contribution in [0.5, 0.6) is 0 Å². The first-order valence-corrected chi connectivity index (χ1v) is 8.07. The molecule has 0 N–H and O–H groups in total. The topological polar surface area (TPSA) is 29.0 Å². The van der Waals surface area contributed by atoms with Gasteiger partial charge in [-0.1, -0.05) is 6.42 Å². The number of fused-ring (bicyclic) bond motifs is 2. The van der Waals surface area contributed by atoms with E-state index in [-0.39, 0.29) is 0 Å². The number of hydrogen-bond donors (Lipinski definition) is 0. The molecule has 2 aliphatic rings. The molecule has 2 atom stereocenters. The third-order valence-corrected chi connectivity index (χ3v) is 5.85. The summed E-state index contributed by atoms with van der Waals surface area (Å²) in [5.74, 6) is 2.94. The fourth-order valence-corrected chi connectivity index (χ4v) is 4.88. The number of anilines is 1. The van der Waals surface area contributed by atoms with Gasteiger partial charge in [-0.25, -0.2) is 9.97 Å². The maximum Gasteiger partial charge on any atom is 0.140 e. The number of nitrogens with zero attached hydrogens (tertiary/aromatic N) is 3. The first-order valence-electron chi connectivity index (χ1n) is 6.46. The molecule has 3 nitrogen and oxygen atoms in total. The van der Waals surface area contributed by atoms with E-state index in [0.717, 1.165) is 26.3 Å². The van der Waals surface area contributed by atoms with E-state index < -0.39 is 0 Å². The molecule has 1 aliphatic carbocycles. The molecule has 2 fully saturated rings. The predicted octanol–water partition coefficient (Wildman–Crippen LogP) is 3.69. The van der Waals surface area contributed by atoms with Crippen molar-refractivity contribution in [3.63, 3.8) is 0 Å². The zero-order valence-electron chi connectivity index (χ0n) is 9.97. The van der Waals surface area contributed by atoms with Crippen LogP contribution in [0.3, 0.4) is 0 Å². The minimum atomic E-state index is 0.900. The third kappa shape index (κ3) is 1.67. The molecule has 3 heterocycles. The normalized spacial score (nSPS) is 27.1. The van der Waals surface area contributed by atoms with Crippen molar-refractivity contribution in [1.82, 2.24) is 9.97 Å². The standard InChI is InChI=1S/C13H14BrN3S/c14-11-4-10-12(15-7-16-13(10)18-11)17-5-8-2-1-3-9(8)6-17/h4,7-9H,1-3,5-6H2. The fourth-order valence-electron chi connectivity index (χ4n) is 3.47. The number of rotatable bonds is 1. The van der Waals surface area contributed by atoms with Crippen LogP contribution in [0.2, 0.25) is 0 Å². The SMILES string of the molecule is Brc1cc2c(N3CC4CCCC4C3)ncnc2s1. The quantitative estimate of drug-likeness (QED) is 0.801. The van der Waals surface area contributed by atoms with Crippen molar-refractivity contribution in [2.75, 3.05) is 18.0 Å². The van der Waals surface area contributed by atoms with Crippen LogP contribution < -0.4 is 4.90 Å². The van der Waals surface area contributed by atoms with Crippen molar-refractivity contribution >= 4 is 43.3 Å². The molecule has 18 heavy (non-hydrogen) atoms. The zero-order chi connectivity index (χ0) is 12.1. The van der Waals surface area contributed by atoms with Gasteiger partial charge in [-0.05, 0) is 46.7 Å². The van der Waals surface area contributed by atoms with Gasteiger partial charge in [0, 0.05) is 13.1 Å². The molecule has 0 spiro atoms. The molecule has 1 saturated carbocycles. The van der Waals surface area contributed by atoms with E-state index in [9.17, 15) is 0 Å². The Morgan fingerprint density at radius 1 is 1.22 bits per heavy atom. The van der Waals surface area contributed by atoms with Gasteiger partial charge in [-0.2, -0.15) is 0 Å². The first kappa shape index (κ1) is 11.2. The van der Waals surface area contributed by atoms with Crippen LogP contribution in [0.15, 0.2) is 16.2 Å². The molecule has 0 amide bonds. The lowest BCUT2D eigenvalue weighted by Crippen LogP contribution is -2.22. The van der Waals surface area contributed by atoms with E-state index in [4.69, 9.17) is 0 Å². The Hall–Kier alpha value is -0.680. The van der Waals surface area contributed by atoms with Gasteiger partial charge in [0.2, 0.25) is 0 Å². The lowest BCUT2D eigenvalue weighted by atomic mass is 10.0. The van der Waals surface area contributed by atoms with Crippen molar-refractivity contribution in [3.05, 3.63) is 16.2 Å². The van der Waals surface area contributed by atoms with Crippen LogP contribution in [0.25, 0.3) is 10.2 Å². The van der Waals surface area contributed by atoms with Crippen molar-refractivity contribution in [2.45, 2.75) is 19.3 Å². The van der Waals surface area contributed by atoms with Crippen LogP contribution in [0.1, 0.15) is 19.3 Å². The average molecular weight is 324 g/mol. The van der Waals surface area contributed by atoms with E-state index in [0.29, 0.717) is 0 Å². The third-order valence-electron chi connectivity index (χ3n) is 4.30. The van der Waals surface area contributed by atoms with E-state index in [1.54, 1.807) is 17.7 Å². The minimum absolute atomic E-state index is 0.900. The van der Waals surface area contributed by atoms with Gasteiger partial charge in [0.1, 0.15) is 17.0 Å². The van der Waals surface area contributed by atoms with E-state index >= 15 is 0 Å². The second kappa shape index (κ2) is 4.17. The molecule has 2 unspecified atom stereocenters. The summed E-state index contributed by atoms with van der Waals surface area (Å²) in [6.07, 6.45) is 5.94. The summed E-state index contributed by atoms with van der Waals surface area (Å²) in [7, 11) is 0. The van der Waals surface area contributed by atoms with Gasteiger partial charge >= 0.3 is 0 Å². The van der Waals surface area contributed by atoms with Gasteiger partial charge in [-0.3, -0.25) is 0 Å². The van der Waals surface area contributed by atoms with E-state index in [1.807, 2.05) is 0 Å². The Morgan fingerprint density at radius 3 is 2.78 bits per heavy atom. The number of hydrogen-bond acceptors (Lipinski definition) is 4. The molecule has 0 bridgehead atoms. The maximum absolute atomic E-state index is 4.53. The molecule has 5 heteroatoms. The monoisotopic (exact) mass is 323 g/mol. The highest BCUT2D eigenvalue weighted by Gasteiger charge is 2.37. The Labute approximate surface area is 118 Å². The van der Waals surface area contributed by atoms with Crippen LogP contribution in [0.4, 0.5) is 5.82 Å². The minimum Gasteiger partial charge on any atom is -0.355 e. The van der Waals surface area contributed by atoms with Crippen LogP contribution in [-0.4, -0.2) is 23.1 Å². The summed E-state index contributed by atoms with van der Waals surface area (Å²) in [5.41, 5.74) is 0. The molecule has 1 aliphatic heterocycles. The summed E-state index contributed by atoms with van der Waals surface area (Å²) in [6, 6.07) is 2.16. The largest absolute Gasteiger partial charge is 0.355 e. The molecule has 1 saturated heterocycles. The Balaban J connectivity index is 1.74. The lowest BCUT2D eigenvalue weighted by molar-refractivity contribution is 0.494. The predicted molar refractivity (Wildman–Crippen MR) is 78.2 cm³/mol. The van der Waals surface area contributed by atoms with Gasteiger partial charge in [-0.15, -0.1) is 11.3 Å². The Morgan fingerprint density at radius 2 is 2.00 bits per heavy atom. The molecule has 4 rings (SSSR count). The summed E-state index contributed by atoms with van der Waals surface area (Å²) in [6.45, 7) is 2.37. The molecule has 2 aromatic heterocycles. The number of aromatic nitrogens is 2. The lowest BCUT2D eigenvalue weighted by Gasteiger charge is -2.18. The average Bonchev–Trinajstić information content (AvgIpc) is 2.98. The Kier molecular flexibility index (Phi) is 2.59. The van der Waals surface area contributed by atoms with E-state index in [2.05, 4.69) is 36.9 Å².